The molecule has 1 atom stereocenters. The first-order valence-electron chi connectivity index (χ1n) is 5.35. The Hall–Kier alpha value is -1.49. The van der Waals surface area contributed by atoms with E-state index < -0.39 is 0 Å². The zero-order valence-corrected chi connectivity index (χ0v) is 10.2. The maximum atomic E-state index is 13.6. The molecule has 1 unspecified atom stereocenters. The van der Waals surface area contributed by atoms with Gasteiger partial charge in [0.2, 0.25) is 0 Å². The lowest BCUT2D eigenvalue weighted by Gasteiger charge is -2.19. The monoisotopic (exact) mass is 220 g/mol. The first-order chi connectivity index (χ1) is 7.51. The van der Waals surface area contributed by atoms with Gasteiger partial charge in [0.1, 0.15) is 11.6 Å². The first-order valence-corrected chi connectivity index (χ1v) is 5.35. The van der Waals surface area contributed by atoms with E-state index in [1.165, 1.54) is 6.07 Å². The van der Waals surface area contributed by atoms with Crippen molar-refractivity contribution < 1.29 is 9.13 Å². The Kier molecular flexibility index (Phi) is 3.95. The van der Waals surface area contributed by atoms with Gasteiger partial charge in [-0.25, -0.2) is 4.39 Å². The molecule has 16 heavy (non-hydrogen) atoms. The van der Waals surface area contributed by atoms with Crippen LogP contribution in [0.4, 0.5) is 4.39 Å². The van der Waals surface area contributed by atoms with Gasteiger partial charge < -0.3 is 4.74 Å². The van der Waals surface area contributed by atoms with E-state index in [-0.39, 0.29) is 17.3 Å². The van der Waals surface area contributed by atoms with Gasteiger partial charge in [0.05, 0.1) is 12.7 Å². The smallest absolute Gasteiger partial charge is 0.139 e. The lowest BCUT2D eigenvalue weighted by molar-refractivity contribution is 0.397. The molecule has 0 fully saturated rings. The number of halogens is 1. The molecule has 1 rings (SSSR count). The SMILES string of the molecule is C#Cc1cc(OC)c(C(C)C(C)C)cc1F. The number of hydrogen-bond donors (Lipinski definition) is 0. The first kappa shape index (κ1) is 12.6. The number of terminal acetylenes is 1. The zero-order chi connectivity index (χ0) is 12.3. The average Bonchev–Trinajstić information content (AvgIpc) is 2.27. The van der Waals surface area contributed by atoms with Crippen LogP contribution in [0.25, 0.3) is 0 Å². The summed E-state index contributed by atoms with van der Waals surface area (Å²) in [4.78, 5) is 0. The summed E-state index contributed by atoms with van der Waals surface area (Å²) in [6, 6.07) is 3.07. The van der Waals surface area contributed by atoms with Crippen molar-refractivity contribution in [3.05, 3.63) is 29.1 Å². The molecular weight excluding hydrogens is 203 g/mol. The number of hydrogen-bond acceptors (Lipinski definition) is 1. The van der Waals surface area contributed by atoms with Gasteiger partial charge in [-0.15, -0.1) is 6.42 Å². The standard InChI is InChI=1S/C14H17FO/c1-6-11-7-14(16-5)12(8-13(11)15)10(4)9(2)3/h1,7-10H,2-5H3. The van der Waals surface area contributed by atoms with Gasteiger partial charge in [0.25, 0.3) is 0 Å². The average molecular weight is 220 g/mol. The van der Waals surface area contributed by atoms with E-state index in [1.54, 1.807) is 13.2 Å². The molecule has 0 N–H and O–H groups in total. The molecule has 0 bridgehead atoms. The highest BCUT2D eigenvalue weighted by molar-refractivity contribution is 5.46. The summed E-state index contributed by atoms with van der Waals surface area (Å²) in [5.74, 6) is 3.27. The van der Waals surface area contributed by atoms with Crippen molar-refractivity contribution >= 4 is 0 Å². The van der Waals surface area contributed by atoms with Crippen LogP contribution < -0.4 is 4.74 Å². The van der Waals surface area contributed by atoms with E-state index >= 15 is 0 Å². The van der Waals surface area contributed by atoms with Gasteiger partial charge in [0, 0.05) is 5.56 Å². The lowest BCUT2D eigenvalue weighted by atomic mass is 9.89. The molecule has 0 spiro atoms. The minimum Gasteiger partial charge on any atom is -0.496 e. The van der Waals surface area contributed by atoms with E-state index in [0.717, 1.165) is 5.56 Å². The van der Waals surface area contributed by atoms with Gasteiger partial charge in [-0.1, -0.05) is 26.7 Å². The summed E-state index contributed by atoms with van der Waals surface area (Å²) in [5.41, 5.74) is 1.12. The van der Waals surface area contributed by atoms with Crippen molar-refractivity contribution in [1.29, 1.82) is 0 Å². The molecular formula is C14H17FO. The minimum absolute atomic E-state index is 0.233. The number of ether oxygens (including phenoxy) is 1. The molecule has 0 radical (unpaired) electrons. The van der Waals surface area contributed by atoms with Gasteiger partial charge in [-0.3, -0.25) is 0 Å². The third kappa shape index (κ3) is 2.36. The minimum atomic E-state index is -0.356. The Bertz CT molecular complexity index is 415. The molecule has 86 valence electrons. The van der Waals surface area contributed by atoms with Gasteiger partial charge in [-0.2, -0.15) is 0 Å². The maximum absolute atomic E-state index is 13.6. The molecule has 2 heteroatoms. The predicted octanol–water partition coefficient (Wildman–Crippen LogP) is 3.58. The second-order valence-electron chi connectivity index (χ2n) is 4.25. The van der Waals surface area contributed by atoms with Crippen LogP contribution in [-0.4, -0.2) is 7.11 Å². The molecule has 0 aliphatic heterocycles. The van der Waals surface area contributed by atoms with Crippen LogP contribution in [0.2, 0.25) is 0 Å². The van der Waals surface area contributed by atoms with E-state index in [9.17, 15) is 4.39 Å². The summed E-state index contributed by atoms with van der Waals surface area (Å²) in [6.07, 6.45) is 5.21. The number of rotatable bonds is 3. The molecule has 1 nitrogen and oxygen atoms in total. The zero-order valence-electron chi connectivity index (χ0n) is 10.2. The van der Waals surface area contributed by atoms with Crippen LogP contribution in [0.3, 0.4) is 0 Å². The molecule has 0 aromatic heterocycles. The third-order valence-corrected chi connectivity index (χ3v) is 2.97. The number of methoxy groups -OCH3 is 1. The van der Waals surface area contributed by atoms with Crippen molar-refractivity contribution in [2.45, 2.75) is 26.7 Å². The maximum Gasteiger partial charge on any atom is 0.139 e. The molecule has 0 aliphatic rings. The topological polar surface area (TPSA) is 9.23 Å². The van der Waals surface area contributed by atoms with Crippen molar-refractivity contribution in [2.24, 2.45) is 5.92 Å². The fourth-order valence-electron chi connectivity index (χ4n) is 1.57. The van der Waals surface area contributed by atoms with Crippen LogP contribution in [0.5, 0.6) is 5.75 Å². The fourth-order valence-corrected chi connectivity index (χ4v) is 1.57. The molecule has 0 amide bonds. The Labute approximate surface area is 96.6 Å². The second-order valence-corrected chi connectivity index (χ2v) is 4.25. The van der Waals surface area contributed by atoms with Crippen LogP contribution in [0.1, 0.15) is 37.8 Å². The van der Waals surface area contributed by atoms with E-state index in [4.69, 9.17) is 11.2 Å². The van der Waals surface area contributed by atoms with E-state index in [2.05, 4.69) is 26.7 Å². The van der Waals surface area contributed by atoms with Crippen LogP contribution >= 0.6 is 0 Å². The highest BCUT2D eigenvalue weighted by Crippen LogP contribution is 2.33. The van der Waals surface area contributed by atoms with E-state index in [1.807, 2.05) is 0 Å². The van der Waals surface area contributed by atoms with Gasteiger partial charge in [0.15, 0.2) is 0 Å². The molecule has 1 aromatic rings. The molecule has 0 aliphatic carbocycles. The second kappa shape index (κ2) is 5.03. The molecule has 1 aromatic carbocycles. The van der Waals surface area contributed by atoms with E-state index in [0.29, 0.717) is 11.7 Å². The summed E-state index contributed by atoms with van der Waals surface area (Å²) in [6.45, 7) is 6.24. The molecule has 0 saturated carbocycles. The number of benzene rings is 1. The summed E-state index contributed by atoms with van der Waals surface area (Å²) >= 11 is 0. The summed E-state index contributed by atoms with van der Waals surface area (Å²) in [5, 5.41) is 0. The van der Waals surface area contributed by atoms with Crippen molar-refractivity contribution in [3.63, 3.8) is 0 Å². The van der Waals surface area contributed by atoms with Crippen LogP contribution in [0.15, 0.2) is 12.1 Å². The Morgan fingerprint density at radius 2 is 1.94 bits per heavy atom. The van der Waals surface area contributed by atoms with Crippen LogP contribution in [-0.2, 0) is 0 Å². The summed E-state index contributed by atoms with van der Waals surface area (Å²) in [7, 11) is 1.57. The predicted molar refractivity (Wildman–Crippen MR) is 64.1 cm³/mol. The highest BCUT2D eigenvalue weighted by atomic mass is 19.1. The largest absolute Gasteiger partial charge is 0.496 e. The Morgan fingerprint density at radius 3 is 2.38 bits per heavy atom. The lowest BCUT2D eigenvalue weighted by Crippen LogP contribution is -2.05. The van der Waals surface area contributed by atoms with Gasteiger partial charge >= 0.3 is 0 Å². The fraction of sp³-hybridized carbons (Fsp3) is 0.429. The van der Waals surface area contributed by atoms with Gasteiger partial charge in [-0.05, 0) is 24.0 Å². The molecule has 0 saturated heterocycles. The Balaban J connectivity index is 3.29. The van der Waals surface area contributed by atoms with Crippen LogP contribution in [0, 0.1) is 24.1 Å². The quantitative estimate of drug-likeness (QED) is 0.707. The van der Waals surface area contributed by atoms with Crippen molar-refractivity contribution in [1.82, 2.24) is 0 Å². The normalized spacial score (nSPS) is 12.3. The third-order valence-electron chi connectivity index (χ3n) is 2.97. The molecule has 0 heterocycles. The highest BCUT2D eigenvalue weighted by Gasteiger charge is 2.17. The van der Waals surface area contributed by atoms with Crippen molar-refractivity contribution in [3.8, 4) is 18.1 Å². The van der Waals surface area contributed by atoms with Crippen molar-refractivity contribution in [2.75, 3.05) is 7.11 Å². The Morgan fingerprint density at radius 1 is 1.31 bits per heavy atom. The summed E-state index contributed by atoms with van der Waals surface area (Å²) < 4.78 is 18.8.